The Morgan fingerprint density at radius 2 is 2.25 bits per heavy atom. The van der Waals surface area contributed by atoms with E-state index in [9.17, 15) is 13.2 Å². The van der Waals surface area contributed by atoms with Crippen LogP contribution < -0.4 is 5.56 Å². The van der Waals surface area contributed by atoms with E-state index < -0.39 is 15.4 Å². The van der Waals surface area contributed by atoms with Gasteiger partial charge >= 0.3 is 0 Å². The lowest BCUT2D eigenvalue weighted by molar-refractivity contribution is 0.387. The van der Waals surface area contributed by atoms with Gasteiger partial charge in [0.15, 0.2) is 15.6 Å². The fourth-order valence-corrected chi connectivity index (χ4v) is 1.49. The molecule has 0 aliphatic heterocycles. The molecule has 0 bridgehead atoms. The van der Waals surface area contributed by atoms with E-state index in [2.05, 4.69) is 4.52 Å². The second kappa shape index (κ2) is 3.14. The molecule has 0 aliphatic carbocycles. The molecule has 1 heterocycles. The smallest absolute Gasteiger partial charge is 0.280 e. The van der Waals surface area contributed by atoms with Crippen LogP contribution in [0.5, 0.6) is 0 Å². The molecule has 68 valence electrons. The minimum Gasteiger partial charge on any atom is -0.382 e. The van der Waals surface area contributed by atoms with Gasteiger partial charge in [0, 0.05) is 11.8 Å². The van der Waals surface area contributed by atoms with Gasteiger partial charge < -0.3 is 4.52 Å². The van der Waals surface area contributed by atoms with Crippen LogP contribution >= 0.6 is 0 Å². The van der Waals surface area contributed by atoms with Gasteiger partial charge in [0.1, 0.15) is 5.75 Å². The number of H-pyrrole nitrogens is 1. The predicted molar refractivity (Wildman–Crippen MR) is 42.5 cm³/mol. The highest BCUT2D eigenvalue weighted by molar-refractivity contribution is 7.90. The Morgan fingerprint density at radius 3 is 2.67 bits per heavy atom. The Kier molecular flexibility index (Phi) is 2.37. The largest absolute Gasteiger partial charge is 0.382 e. The molecule has 12 heavy (non-hydrogen) atoms. The summed E-state index contributed by atoms with van der Waals surface area (Å²) in [5.74, 6) is -0.0220. The summed E-state index contributed by atoms with van der Waals surface area (Å²) in [5, 5.41) is 2.02. The third-order valence-corrected chi connectivity index (χ3v) is 2.98. The molecule has 1 aromatic heterocycles. The van der Waals surface area contributed by atoms with E-state index in [1.807, 2.05) is 5.16 Å². The zero-order valence-corrected chi connectivity index (χ0v) is 7.35. The third kappa shape index (κ3) is 2.23. The number of hydrogen-bond acceptors (Lipinski definition) is 4. The van der Waals surface area contributed by atoms with Gasteiger partial charge in [-0.3, -0.25) is 4.79 Å². The number of nitrogens with one attached hydrogen (secondary N) is 1. The highest BCUT2D eigenvalue weighted by atomic mass is 32.2. The fourth-order valence-electron chi connectivity index (χ4n) is 0.711. The molecule has 1 N–H and O–H groups in total. The average Bonchev–Trinajstić information content (AvgIpc) is 2.35. The molecular weight excluding hydrogens is 182 g/mol. The standard InChI is InChI=1S/C6H9NO4S/c1-2-12(9,10)4-5-3-6(8)7-11-5/h3H,2,4H2,1H3,(H,7,8). The van der Waals surface area contributed by atoms with Crippen molar-refractivity contribution in [2.45, 2.75) is 12.7 Å². The van der Waals surface area contributed by atoms with Gasteiger partial charge in [-0.05, 0) is 0 Å². The van der Waals surface area contributed by atoms with Gasteiger partial charge in [-0.2, -0.15) is 5.16 Å². The zero-order valence-electron chi connectivity index (χ0n) is 6.53. The Balaban J connectivity index is 2.84. The monoisotopic (exact) mass is 191 g/mol. The SMILES string of the molecule is CCS(=O)(=O)Cc1cc(=O)[nH]o1. The van der Waals surface area contributed by atoms with Crippen molar-refractivity contribution in [3.8, 4) is 0 Å². The first-order valence-corrected chi connectivity index (χ1v) is 5.23. The van der Waals surface area contributed by atoms with Crippen molar-refractivity contribution in [1.29, 1.82) is 0 Å². The zero-order chi connectivity index (χ0) is 9.19. The number of rotatable bonds is 3. The van der Waals surface area contributed by atoms with Crippen LogP contribution in [0.15, 0.2) is 15.4 Å². The van der Waals surface area contributed by atoms with E-state index in [1.54, 1.807) is 6.92 Å². The van der Waals surface area contributed by atoms with Crippen LogP contribution in [0.1, 0.15) is 12.7 Å². The lowest BCUT2D eigenvalue weighted by Crippen LogP contribution is -2.05. The van der Waals surface area contributed by atoms with Crippen molar-refractivity contribution in [3.05, 3.63) is 22.2 Å². The van der Waals surface area contributed by atoms with E-state index in [4.69, 9.17) is 0 Å². The van der Waals surface area contributed by atoms with Crippen LogP contribution in [0.4, 0.5) is 0 Å². The van der Waals surface area contributed by atoms with E-state index >= 15 is 0 Å². The molecule has 1 aromatic rings. The van der Waals surface area contributed by atoms with Crippen molar-refractivity contribution in [2.75, 3.05) is 5.75 Å². The Labute approximate surface area is 69.3 Å². The first kappa shape index (κ1) is 9.05. The molecule has 0 aliphatic rings. The highest BCUT2D eigenvalue weighted by Crippen LogP contribution is 2.02. The van der Waals surface area contributed by atoms with E-state index in [-0.39, 0.29) is 17.3 Å². The van der Waals surface area contributed by atoms with Gasteiger partial charge in [0.05, 0.1) is 0 Å². The summed E-state index contributed by atoms with van der Waals surface area (Å²) in [7, 11) is -3.11. The lowest BCUT2D eigenvalue weighted by atomic mass is 10.5. The predicted octanol–water partition coefficient (Wildman–Crippen LogP) is -0.0974. The summed E-state index contributed by atoms with van der Waals surface area (Å²) < 4.78 is 26.6. The fraction of sp³-hybridized carbons (Fsp3) is 0.500. The Morgan fingerprint density at radius 1 is 1.58 bits per heavy atom. The van der Waals surface area contributed by atoms with Crippen LogP contribution in [0, 0.1) is 0 Å². The molecule has 0 unspecified atom stereocenters. The molecule has 0 fully saturated rings. The van der Waals surface area contributed by atoms with Crippen molar-refractivity contribution in [2.24, 2.45) is 0 Å². The molecule has 0 aromatic carbocycles. The summed E-state index contributed by atoms with van der Waals surface area (Å²) in [5.41, 5.74) is -0.420. The Hall–Kier alpha value is -1.04. The molecule has 1 rings (SSSR count). The summed E-state index contributed by atoms with van der Waals surface area (Å²) in [6, 6.07) is 1.13. The van der Waals surface area contributed by atoms with Crippen molar-refractivity contribution in [1.82, 2.24) is 5.16 Å². The summed E-state index contributed by atoms with van der Waals surface area (Å²) in [6.07, 6.45) is 0. The molecule has 0 saturated heterocycles. The molecular formula is C6H9NO4S. The maximum atomic E-state index is 11.0. The number of aromatic nitrogens is 1. The second-order valence-electron chi connectivity index (χ2n) is 2.36. The second-order valence-corrected chi connectivity index (χ2v) is 4.71. The first-order chi connectivity index (χ1) is 5.53. The molecule has 0 amide bonds. The number of aromatic amines is 1. The third-order valence-electron chi connectivity index (χ3n) is 1.38. The van der Waals surface area contributed by atoms with Gasteiger partial charge in [0.25, 0.3) is 5.56 Å². The Bertz CT molecular complexity index is 399. The van der Waals surface area contributed by atoms with E-state index in [1.165, 1.54) is 0 Å². The minimum atomic E-state index is -3.11. The minimum absolute atomic E-state index is 0.0435. The van der Waals surface area contributed by atoms with Crippen molar-refractivity contribution < 1.29 is 12.9 Å². The normalized spacial score (nSPS) is 11.8. The van der Waals surface area contributed by atoms with Crippen molar-refractivity contribution >= 4 is 9.84 Å². The summed E-state index contributed by atoms with van der Waals surface area (Å²) >= 11 is 0. The number of sulfone groups is 1. The molecule has 0 radical (unpaired) electrons. The summed E-state index contributed by atoms with van der Waals surface area (Å²) in [6.45, 7) is 1.54. The van der Waals surface area contributed by atoms with Gasteiger partial charge in [-0.1, -0.05) is 6.92 Å². The van der Waals surface area contributed by atoms with Crippen LogP contribution in [0.25, 0.3) is 0 Å². The lowest BCUT2D eigenvalue weighted by Gasteiger charge is -1.94. The molecule has 0 atom stereocenters. The summed E-state index contributed by atoms with van der Waals surface area (Å²) in [4.78, 5) is 10.5. The molecule has 5 nitrogen and oxygen atoms in total. The maximum Gasteiger partial charge on any atom is 0.280 e. The van der Waals surface area contributed by atoms with E-state index in [0.717, 1.165) is 6.07 Å². The van der Waals surface area contributed by atoms with Crippen LogP contribution in [-0.4, -0.2) is 19.3 Å². The maximum absolute atomic E-state index is 11.0. The van der Waals surface area contributed by atoms with Gasteiger partial charge in [-0.25, -0.2) is 8.42 Å². The molecule has 0 saturated carbocycles. The van der Waals surface area contributed by atoms with Gasteiger partial charge in [0.2, 0.25) is 0 Å². The average molecular weight is 191 g/mol. The number of hydrogen-bond donors (Lipinski definition) is 1. The quantitative estimate of drug-likeness (QED) is 0.723. The first-order valence-electron chi connectivity index (χ1n) is 3.41. The highest BCUT2D eigenvalue weighted by Gasteiger charge is 2.11. The molecule has 0 spiro atoms. The van der Waals surface area contributed by atoms with E-state index in [0.29, 0.717) is 0 Å². The van der Waals surface area contributed by atoms with Crippen molar-refractivity contribution in [3.63, 3.8) is 0 Å². The van der Waals surface area contributed by atoms with Gasteiger partial charge in [-0.15, -0.1) is 0 Å². The van der Waals surface area contributed by atoms with Crippen LogP contribution in [0.3, 0.4) is 0 Å². The molecule has 6 heteroatoms. The topological polar surface area (TPSA) is 80.1 Å². The van der Waals surface area contributed by atoms with Crippen LogP contribution in [-0.2, 0) is 15.6 Å². The van der Waals surface area contributed by atoms with Crippen LogP contribution in [0.2, 0.25) is 0 Å².